The second kappa shape index (κ2) is 6.30. The first-order chi connectivity index (χ1) is 9.93. The molecule has 1 aliphatic heterocycles. The van der Waals surface area contributed by atoms with Crippen LogP contribution in [0.4, 0.5) is 19.0 Å². The van der Waals surface area contributed by atoms with Crippen LogP contribution >= 0.6 is 0 Å². The van der Waals surface area contributed by atoms with Crippen LogP contribution in [0.2, 0.25) is 0 Å². The summed E-state index contributed by atoms with van der Waals surface area (Å²) in [4.78, 5) is 17.0. The fraction of sp³-hybridized carbons (Fsp3) is 0.538. The molecule has 0 saturated carbocycles. The quantitative estimate of drug-likeness (QED) is 0.801. The maximum Gasteiger partial charge on any atom is 0.419 e. The van der Waals surface area contributed by atoms with E-state index in [4.69, 9.17) is 9.47 Å². The van der Waals surface area contributed by atoms with E-state index in [1.807, 2.05) is 0 Å². The fourth-order valence-corrected chi connectivity index (χ4v) is 2.00. The highest BCUT2D eigenvalue weighted by Gasteiger charge is 2.36. The largest absolute Gasteiger partial charge is 0.461 e. The van der Waals surface area contributed by atoms with Crippen LogP contribution in [-0.2, 0) is 15.7 Å². The maximum atomic E-state index is 13.1. The van der Waals surface area contributed by atoms with Crippen LogP contribution in [0.1, 0.15) is 23.0 Å². The highest BCUT2D eigenvalue weighted by Crippen LogP contribution is 2.36. The Kier molecular flexibility index (Phi) is 4.66. The predicted octanol–water partition coefficient (Wildman–Crippen LogP) is 2.11. The van der Waals surface area contributed by atoms with Gasteiger partial charge in [-0.25, -0.2) is 9.78 Å². The monoisotopic (exact) mass is 304 g/mol. The normalized spacial score (nSPS) is 15.9. The van der Waals surface area contributed by atoms with Gasteiger partial charge in [-0.15, -0.1) is 0 Å². The Morgan fingerprint density at radius 2 is 2.05 bits per heavy atom. The summed E-state index contributed by atoms with van der Waals surface area (Å²) in [6.45, 7) is 2.98. The van der Waals surface area contributed by atoms with Crippen molar-refractivity contribution in [3.63, 3.8) is 0 Å². The van der Waals surface area contributed by atoms with E-state index in [1.165, 1.54) is 4.90 Å². The number of rotatable bonds is 3. The average Bonchev–Trinajstić information content (AvgIpc) is 2.47. The van der Waals surface area contributed by atoms with Gasteiger partial charge in [0.15, 0.2) is 5.69 Å². The van der Waals surface area contributed by atoms with Gasteiger partial charge in [-0.3, -0.25) is 0 Å². The molecule has 1 aromatic rings. The molecule has 1 aliphatic rings. The molecule has 1 fully saturated rings. The Balaban J connectivity index is 2.40. The smallest absolute Gasteiger partial charge is 0.419 e. The van der Waals surface area contributed by atoms with Gasteiger partial charge in [-0.1, -0.05) is 0 Å². The number of esters is 1. The summed E-state index contributed by atoms with van der Waals surface area (Å²) >= 11 is 0. The SMILES string of the molecule is CCOC(=O)c1ccc(C(F)(F)F)c(N2CCOCC2)n1. The summed E-state index contributed by atoms with van der Waals surface area (Å²) in [5.41, 5.74) is -0.996. The first kappa shape index (κ1) is 15.6. The standard InChI is InChI=1S/C13H15F3N2O3/c1-2-21-12(19)10-4-3-9(13(14,15)16)11(17-10)18-5-7-20-8-6-18/h3-4H,2,5-8H2,1H3. The van der Waals surface area contributed by atoms with E-state index in [1.54, 1.807) is 6.92 Å². The summed E-state index contributed by atoms with van der Waals surface area (Å²) in [5, 5.41) is 0. The highest BCUT2D eigenvalue weighted by atomic mass is 19.4. The molecule has 21 heavy (non-hydrogen) atoms. The van der Waals surface area contributed by atoms with E-state index >= 15 is 0 Å². The molecule has 8 heteroatoms. The number of carbonyl (C=O) groups is 1. The van der Waals surface area contributed by atoms with Crippen LogP contribution in [0.15, 0.2) is 12.1 Å². The lowest BCUT2D eigenvalue weighted by atomic mass is 10.2. The lowest BCUT2D eigenvalue weighted by Gasteiger charge is -2.30. The van der Waals surface area contributed by atoms with Gasteiger partial charge in [-0.2, -0.15) is 13.2 Å². The number of aromatic nitrogens is 1. The second-order valence-corrected chi connectivity index (χ2v) is 4.39. The van der Waals surface area contributed by atoms with Crippen LogP contribution < -0.4 is 4.90 Å². The van der Waals surface area contributed by atoms with Crippen molar-refractivity contribution in [3.05, 3.63) is 23.4 Å². The van der Waals surface area contributed by atoms with Gasteiger partial charge in [0.1, 0.15) is 5.82 Å². The molecule has 1 saturated heterocycles. The Morgan fingerprint density at radius 3 is 2.62 bits per heavy atom. The number of nitrogens with zero attached hydrogens (tertiary/aromatic N) is 2. The van der Waals surface area contributed by atoms with E-state index in [-0.39, 0.29) is 18.1 Å². The van der Waals surface area contributed by atoms with Crippen LogP contribution in [0.25, 0.3) is 0 Å². The summed E-state index contributed by atoms with van der Waals surface area (Å²) < 4.78 is 49.1. The molecule has 0 spiro atoms. The van der Waals surface area contributed by atoms with Gasteiger partial charge >= 0.3 is 12.1 Å². The molecule has 0 unspecified atom stereocenters. The van der Waals surface area contributed by atoms with E-state index < -0.39 is 17.7 Å². The van der Waals surface area contributed by atoms with Crippen LogP contribution in [-0.4, -0.2) is 43.9 Å². The molecular weight excluding hydrogens is 289 g/mol. The molecular formula is C13H15F3N2O3. The zero-order chi connectivity index (χ0) is 15.5. The molecule has 5 nitrogen and oxygen atoms in total. The van der Waals surface area contributed by atoms with Crippen molar-refractivity contribution in [3.8, 4) is 0 Å². The van der Waals surface area contributed by atoms with Gasteiger partial charge in [0.05, 0.1) is 25.4 Å². The third kappa shape index (κ3) is 3.63. The highest BCUT2D eigenvalue weighted by molar-refractivity contribution is 5.88. The van der Waals surface area contributed by atoms with Crippen molar-refractivity contribution in [1.82, 2.24) is 4.98 Å². The lowest BCUT2D eigenvalue weighted by Crippen LogP contribution is -2.38. The minimum absolute atomic E-state index is 0.133. The summed E-state index contributed by atoms with van der Waals surface area (Å²) in [7, 11) is 0. The van der Waals surface area contributed by atoms with Gasteiger partial charge < -0.3 is 14.4 Å². The molecule has 0 aliphatic carbocycles. The molecule has 0 bridgehead atoms. The topological polar surface area (TPSA) is 51.7 Å². The molecule has 2 heterocycles. The number of ether oxygens (including phenoxy) is 2. The number of carbonyl (C=O) groups excluding carboxylic acids is 1. The number of alkyl halides is 3. The van der Waals surface area contributed by atoms with Crippen LogP contribution in [0.5, 0.6) is 0 Å². The first-order valence-electron chi connectivity index (χ1n) is 6.51. The number of halogens is 3. The van der Waals surface area contributed by atoms with Crippen LogP contribution in [0, 0.1) is 0 Å². The first-order valence-corrected chi connectivity index (χ1v) is 6.51. The number of morpholine rings is 1. The molecule has 0 radical (unpaired) electrons. The van der Waals surface area contributed by atoms with Gasteiger partial charge in [0.25, 0.3) is 0 Å². The molecule has 1 aromatic heterocycles. The number of hydrogen-bond acceptors (Lipinski definition) is 5. The average molecular weight is 304 g/mol. The van der Waals surface area contributed by atoms with Crippen molar-refractivity contribution < 1.29 is 27.4 Å². The molecule has 116 valence electrons. The summed E-state index contributed by atoms with van der Waals surface area (Å²) in [5.74, 6) is -0.989. The number of hydrogen-bond donors (Lipinski definition) is 0. The lowest BCUT2D eigenvalue weighted by molar-refractivity contribution is -0.137. The Morgan fingerprint density at radius 1 is 1.38 bits per heavy atom. The Labute approximate surface area is 119 Å². The molecule has 0 amide bonds. The minimum atomic E-state index is -4.53. The Bertz CT molecular complexity index is 514. The third-order valence-electron chi connectivity index (χ3n) is 2.98. The predicted molar refractivity (Wildman–Crippen MR) is 68.2 cm³/mol. The van der Waals surface area contributed by atoms with E-state index in [2.05, 4.69) is 4.98 Å². The fourth-order valence-electron chi connectivity index (χ4n) is 2.00. The number of pyridine rings is 1. The second-order valence-electron chi connectivity index (χ2n) is 4.39. The van der Waals surface area contributed by atoms with E-state index in [9.17, 15) is 18.0 Å². The third-order valence-corrected chi connectivity index (χ3v) is 2.98. The minimum Gasteiger partial charge on any atom is -0.461 e. The molecule has 2 rings (SSSR count). The van der Waals surface area contributed by atoms with Crippen molar-refractivity contribution in [2.24, 2.45) is 0 Å². The molecule has 0 aromatic carbocycles. The van der Waals surface area contributed by atoms with E-state index in [0.717, 1.165) is 12.1 Å². The van der Waals surface area contributed by atoms with Crippen LogP contribution in [0.3, 0.4) is 0 Å². The number of anilines is 1. The van der Waals surface area contributed by atoms with E-state index in [0.29, 0.717) is 26.3 Å². The van der Waals surface area contributed by atoms with Crippen molar-refractivity contribution in [2.45, 2.75) is 13.1 Å². The van der Waals surface area contributed by atoms with Crippen molar-refractivity contribution >= 4 is 11.8 Å². The van der Waals surface area contributed by atoms with Crippen molar-refractivity contribution in [1.29, 1.82) is 0 Å². The van der Waals surface area contributed by atoms with Gasteiger partial charge in [0.2, 0.25) is 0 Å². The molecule has 0 N–H and O–H groups in total. The molecule has 0 atom stereocenters. The Hall–Kier alpha value is -1.83. The maximum absolute atomic E-state index is 13.1. The zero-order valence-electron chi connectivity index (χ0n) is 11.4. The summed E-state index contributed by atoms with van der Waals surface area (Å²) in [6.07, 6.45) is -4.53. The van der Waals surface area contributed by atoms with Gasteiger partial charge in [0, 0.05) is 13.1 Å². The summed E-state index contributed by atoms with van der Waals surface area (Å²) in [6, 6.07) is 1.90. The van der Waals surface area contributed by atoms with Crippen molar-refractivity contribution in [2.75, 3.05) is 37.8 Å². The zero-order valence-corrected chi connectivity index (χ0v) is 11.4. The van der Waals surface area contributed by atoms with Gasteiger partial charge in [-0.05, 0) is 19.1 Å².